The molecule has 0 fully saturated rings. The van der Waals surface area contributed by atoms with Crippen LogP contribution in [0.5, 0.6) is 0 Å². The summed E-state index contributed by atoms with van der Waals surface area (Å²) in [4.78, 5) is 0. The maximum absolute atomic E-state index is 11.4. The fraction of sp³-hybridized carbons (Fsp3) is 0.500. The Kier molecular flexibility index (Phi) is 3.04. The Morgan fingerprint density at radius 3 is 2.69 bits per heavy atom. The zero-order valence-electron chi connectivity index (χ0n) is 9.73. The van der Waals surface area contributed by atoms with E-state index in [1.54, 1.807) is 4.31 Å². The number of fused-ring (bicyclic) bond motifs is 1. The van der Waals surface area contributed by atoms with Crippen LogP contribution in [0.25, 0.3) is 0 Å². The van der Waals surface area contributed by atoms with Gasteiger partial charge in [-0.1, -0.05) is 25.1 Å². The first-order valence-electron chi connectivity index (χ1n) is 5.56. The average molecular weight is 239 g/mol. The van der Waals surface area contributed by atoms with Gasteiger partial charge in [0.25, 0.3) is 0 Å². The van der Waals surface area contributed by atoms with E-state index in [2.05, 4.69) is 25.1 Å². The molecule has 0 unspecified atom stereocenters. The van der Waals surface area contributed by atoms with E-state index in [9.17, 15) is 8.42 Å². The van der Waals surface area contributed by atoms with E-state index in [0.717, 1.165) is 18.4 Å². The maximum atomic E-state index is 11.4. The molecule has 2 rings (SSSR count). The summed E-state index contributed by atoms with van der Waals surface area (Å²) in [6, 6.07) is 6.35. The van der Waals surface area contributed by atoms with Crippen LogP contribution in [0.3, 0.4) is 0 Å². The van der Waals surface area contributed by atoms with Gasteiger partial charge in [-0.15, -0.1) is 0 Å². The lowest BCUT2D eigenvalue weighted by molar-refractivity contribution is 0.395. The topological polar surface area (TPSA) is 37.4 Å². The molecule has 0 aliphatic carbocycles. The van der Waals surface area contributed by atoms with Gasteiger partial charge >= 0.3 is 0 Å². The minimum atomic E-state index is -3.05. The average Bonchev–Trinajstić information content (AvgIpc) is 2.26. The molecule has 1 aromatic carbocycles. The first-order valence-corrected chi connectivity index (χ1v) is 7.41. The summed E-state index contributed by atoms with van der Waals surface area (Å²) in [5.41, 5.74) is 3.78. The SMILES string of the molecule is CCc1ccc2c(c1)CCN(S(C)(=O)=O)C2. The second kappa shape index (κ2) is 4.18. The Morgan fingerprint density at radius 1 is 1.31 bits per heavy atom. The zero-order chi connectivity index (χ0) is 11.8. The van der Waals surface area contributed by atoms with Crippen LogP contribution in [0.4, 0.5) is 0 Å². The number of rotatable bonds is 2. The van der Waals surface area contributed by atoms with Gasteiger partial charge in [0.2, 0.25) is 10.0 Å². The highest BCUT2D eigenvalue weighted by atomic mass is 32.2. The minimum absolute atomic E-state index is 0.526. The lowest BCUT2D eigenvalue weighted by Gasteiger charge is -2.27. The van der Waals surface area contributed by atoms with Crippen molar-refractivity contribution >= 4 is 10.0 Å². The molecule has 16 heavy (non-hydrogen) atoms. The first kappa shape index (κ1) is 11.6. The molecule has 0 spiro atoms. The lowest BCUT2D eigenvalue weighted by Crippen LogP contribution is -2.35. The third-order valence-corrected chi connectivity index (χ3v) is 4.37. The van der Waals surface area contributed by atoms with Gasteiger partial charge < -0.3 is 0 Å². The molecule has 88 valence electrons. The molecule has 3 nitrogen and oxygen atoms in total. The molecule has 1 aliphatic rings. The quantitative estimate of drug-likeness (QED) is 0.785. The van der Waals surface area contributed by atoms with E-state index < -0.39 is 10.0 Å². The molecule has 1 heterocycles. The van der Waals surface area contributed by atoms with E-state index in [1.165, 1.54) is 17.4 Å². The molecule has 4 heteroatoms. The second-order valence-corrected chi connectivity index (χ2v) is 6.29. The lowest BCUT2D eigenvalue weighted by atomic mass is 9.98. The number of aryl methyl sites for hydroxylation is 1. The van der Waals surface area contributed by atoms with E-state index in [-0.39, 0.29) is 0 Å². The van der Waals surface area contributed by atoms with Crippen molar-refractivity contribution in [2.45, 2.75) is 26.3 Å². The van der Waals surface area contributed by atoms with Crippen molar-refractivity contribution in [3.8, 4) is 0 Å². The van der Waals surface area contributed by atoms with Gasteiger partial charge in [-0.05, 0) is 29.5 Å². The number of sulfonamides is 1. The monoisotopic (exact) mass is 239 g/mol. The van der Waals surface area contributed by atoms with Crippen molar-refractivity contribution in [1.29, 1.82) is 0 Å². The molecule has 1 aromatic rings. The van der Waals surface area contributed by atoms with Crippen LogP contribution >= 0.6 is 0 Å². The highest BCUT2D eigenvalue weighted by Crippen LogP contribution is 2.22. The highest BCUT2D eigenvalue weighted by Gasteiger charge is 2.22. The molecular weight excluding hydrogens is 222 g/mol. The Morgan fingerprint density at radius 2 is 2.06 bits per heavy atom. The molecule has 0 aromatic heterocycles. The smallest absolute Gasteiger partial charge is 0.211 e. The Hall–Kier alpha value is -0.870. The van der Waals surface area contributed by atoms with Crippen LogP contribution in [-0.4, -0.2) is 25.5 Å². The highest BCUT2D eigenvalue weighted by molar-refractivity contribution is 7.88. The molecule has 0 radical (unpaired) electrons. The van der Waals surface area contributed by atoms with E-state index in [4.69, 9.17) is 0 Å². The van der Waals surface area contributed by atoms with Crippen LogP contribution in [0.15, 0.2) is 18.2 Å². The molecule has 0 atom stereocenters. The summed E-state index contributed by atoms with van der Waals surface area (Å²) in [6.45, 7) is 3.27. The molecule has 0 amide bonds. The number of benzene rings is 1. The van der Waals surface area contributed by atoms with Crippen molar-refractivity contribution in [2.75, 3.05) is 12.8 Å². The van der Waals surface area contributed by atoms with Gasteiger partial charge in [0.1, 0.15) is 0 Å². The molecular formula is C12H17NO2S. The van der Waals surface area contributed by atoms with Crippen LogP contribution in [0.2, 0.25) is 0 Å². The second-order valence-electron chi connectivity index (χ2n) is 4.30. The van der Waals surface area contributed by atoms with Crippen molar-refractivity contribution in [1.82, 2.24) is 4.31 Å². The molecule has 0 bridgehead atoms. The van der Waals surface area contributed by atoms with E-state index in [1.807, 2.05) is 0 Å². The molecule has 1 aliphatic heterocycles. The summed E-state index contributed by atoms with van der Waals surface area (Å²) >= 11 is 0. The van der Waals surface area contributed by atoms with Gasteiger partial charge in [0.15, 0.2) is 0 Å². The number of hydrogen-bond donors (Lipinski definition) is 0. The van der Waals surface area contributed by atoms with Crippen molar-refractivity contribution in [3.05, 3.63) is 34.9 Å². The summed E-state index contributed by atoms with van der Waals surface area (Å²) in [5.74, 6) is 0. The van der Waals surface area contributed by atoms with Gasteiger partial charge in [0, 0.05) is 13.1 Å². The predicted molar refractivity (Wildman–Crippen MR) is 64.8 cm³/mol. The van der Waals surface area contributed by atoms with Crippen molar-refractivity contribution < 1.29 is 8.42 Å². The summed E-state index contributed by atoms with van der Waals surface area (Å²) < 4.78 is 24.4. The zero-order valence-corrected chi connectivity index (χ0v) is 10.5. The summed E-state index contributed by atoms with van der Waals surface area (Å²) in [6.07, 6.45) is 3.14. The summed E-state index contributed by atoms with van der Waals surface area (Å²) in [7, 11) is -3.05. The number of nitrogens with zero attached hydrogens (tertiary/aromatic N) is 1. The van der Waals surface area contributed by atoms with Gasteiger partial charge in [-0.2, -0.15) is 4.31 Å². The third-order valence-electron chi connectivity index (χ3n) is 3.13. The number of hydrogen-bond acceptors (Lipinski definition) is 2. The van der Waals surface area contributed by atoms with Crippen LogP contribution < -0.4 is 0 Å². The van der Waals surface area contributed by atoms with Crippen LogP contribution in [0, 0.1) is 0 Å². The van der Waals surface area contributed by atoms with Gasteiger partial charge in [-0.3, -0.25) is 0 Å². The normalized spacial score (nSPS) is 17.1. The standard InChI is InChI=1S/C12H17NO2S/c1-3-10-4-5-12-9-13(16(2,14)15)7-6-11(12)8-10/h4-5,8H,3,6-7,9H2,1-2H3. The van der Waals surface area contributed by atoms with Crippen molar-refractivity contribution in [2.24, 2.45) is 0 Å². The summed E-state index contributed by atoms with van der Waals surface area (Å²) in [5, 5.41) is 0. The van der Waals surface area contributed by atoms with Crippen molar-refractivity contribution in [3.63, 3.8) is 0 Å². The predicted octanol–water partition coefficient (Wildman–Crippen LogP) is 1.57. The van der Waals surface area contributed by atoms with Gasteiger partial charge in [-0.25, -0.2) is 8.42 Å². The Bertz CT molecular complexity index is 494. The molecule has 0 saturated carbocycles. The van der Waals surface area contributed by atoms with E-state index >= 15 is 0 Å². The third kappa shape index (κ3) is 2.28. The maximum Gasteiger partial charge on any atom is 0.211 e. The Labute approximate surface area is 97.1 Å². The molecule has 0 N–H and O–H groups in total. The fourth-order valence-corrected chi connectivity index (χ4v) is 2.88. The molecule has 0 saturated heterocycles. The minimum Gasteiger partial charge on any atom is -0.212 e. The van der Waals surface area contributed by atoms with E-state index in [0.29, 0.717) is 13.1 Å². The van der Waals surface area contributed by atoms with Gasteiger partial charge in [0.05, 0.1) is 6.26 Å². The fourth-order valence-electron chi connectivity index (χ4n) is 2.08. The Balaban J connectivity index is 2.29. The first-order chi connectivity index (χ1) is 7.50. The van der Waals surface area contributed by atoms with Crippen LogP contribution in [0.1, 0.15) is 23.6 Å². The van der Waals surface area contributed by atoms with Crippen LogP contribution in [-0.2, 0) is 29.4 Å². The largest absolute Gasteiger partial charge is 0.212 e.